The number of unbranched alkanes of at least 4 members (excludes halogenated alkanes) is 1. The predicted molar refractivity (Wildman–Crippen MR) is 83.6 cm³/mol. The minimum atomic E-state index is -0.494. The van der Waals surface area contributed by atoms with Gasteiger partial charge in [-0.05, 0) is 38.4 Å². The molecule has 0 amide bonds. The number of aliphatic hydroxyl groups is 1. The van der Waals surface area contributed by atoms with E-state index >= 15 is 0 Å². The molecule has 2 aliphatic rings. The molecule has 0 saturated carbocycles. The number of nitrogens with zero attached hydrogens (tertiary/aromatic N) is 1. The lowest BCUT2D eigenvalue weighted by atomic mass is 9.82. The van der Waals surface area contributed by atoms with Crippen molar-refractivity contribution in [3.63, 3.8) is 0 Å². The number of oxime groups is 1. The Kier molecular flexibility index (Phi) is 5.56. The van der Waals surface area contributed by atoms with Crippen molar-refractivity contribution < 1.29 is 19.5 Å². The zero-order chi connectivity index (χ0) is 15.3. The van der Waals surface area contributed by atoms with Gasteiger partial charge in [0.25, 0.3) is 0 Å². The Hall–Kier alpha value is -1.17. The Morgan fingerprint density at radius 2 is 2.43 bits per heavy atom. The van der Waals surface area contributed by atoms with E-state index in [2.05, 4.69) is 5.16 Å². The molecular weight excluding hydrogens is 290 g/mol. The van der Waals surface area contributed by atoms with Crippen LogP contribution in [-0.2, 0) is 14.4 Å². The number of ether oxygens (including phenoxy) is 1. The Balaban J connectivity index is 1.95. The summed E-state index contributed by atoms with van der Waals surface area (Å²) in [5, 5.41) is 14.1. The van der Waals surface area contributed by atoms with E-state index in [1.165, 1.54) is 0 Å². The van der Waals surface area contributed by atoms with Crippen LogP contribution < -0.4 is 0 Å². The van der Waals surface area contributed by atoms with E-state index in [0.29, 0.717) is 25.0 Å². The Labute approximate surface area is 129 Å². The molecule has 1 N–H and O–H groups in total. The van der Waals surface area contributed by atoms with Gasteiger partial charge in [0.2, 0.25) is 0 Å². The first-order chi connectivity index (χ1) is 10.1. The maximum atomic E-state index is 12.2. The average Bonchev–Trinajstić information content (AvgIpc) is 2.93. The van der Waals surface area contributed by atoms with Gasteiger partial charge in [0, 0.05) is 12.0 Å². The van der Waals surface area contributed by atoms with E-state index in [1.54, 1.807) is 18.0 Å². The zero-order valence-corrected chi connectivity index (χ0v) is 13.4. The third kappa shape index (κ3) is 3.54. The fourth-order valence-electron chi connectivity index (χ4n) is 2.71. The first-order valence-corrected chi connectivity index (χ1v) is 8.63. The van der Waals surface area contributed by atoms with Crippen molar-refractivity contribution >= 4 is 23.9 Å². The molecule has 21 heavy (non-hydrogen) atoms. The van der Waals surface area contributed by atoms with Gasteiger partial charge in [0.05, 0.1) is 11.5 Å². The Morgan fingerprint density at radius 1 is 1.62 bits per heavy atom. The van der Waals surface area contributed by atoms with E-state index in [1.807, 2.05) is 13.8 Å². The summed E-state index contributed by atoms with van der Waals surface area (Å²) in [6.07, 6.45) is 4.46. The molecule has 2 aliphatic heterocycles. The fourth-order valence-corrected chi connectivity index (χ4v) is 4.15. The number of aliphatic hydroxyl groups excluding tert-OH is 1. The highest BCUT2D eigenvalue weighted by Gasteiger charge is 2.49. The summed E-state index contributed by atoms with van der Waals surface area (Å²) in [4.78, 5) is 17.0. The summed E-state index contributed by atoms with van der Waals surface area (Å²) in [7, 11) is 0. The molecule has 6 heteroatoms. The molecule has 0 aromatic carbocycles. The number of thioether (sulfide) groups is 1. The van der Waals surface area contributed by atoms with Crippen LogP contribution in [0.2, 0.25) is 0 Å². The molecule has 1 fully saturated rings. The summed E-state index contributed by atoms with van der Waals surface area (Å²) in [5.41, 5.74) is -0.0685. The molecule has 2 rings (SSSR count). The quantitative estimate of drug-likeness (QED) is 0.353. The molecule has 2 unspecified atom stereocenters. The van der Waals surface area contributed by atoms with Gasteiger partial charge in [0.1, 0.15) is 18.0 Å². The molecule has 0 aliphatic carbocycles. The average molecular weight is 313 g/mol. The van der Waals surface area contributed by atoms with Crippen LogP contribution in [0, 0.1) is 5.92 Å². The van der Waals surface area contributed by atoms with Crippen LogP contribution in [0.15, 0.2) is 16.5 Å². The van der Waals surface area contributed by atoms with Crippen molar-refractivity contribution in [2.75, 3.05) is 18.1 Å². The minimum Gasteiger partial charge on any atom is -0.511 e. The van der Waals surface area contributed by atoms with Crippen molar-refractivity contribution in [3.8, 4) is 0 Å². The third-order valence-electron chi connectivity index (χ3n) is 4.10. The molecule has 1 spiro atoms. The molecule has 0 aromatic heterocycles. The number of carbonyl (C=O) groups is 1. The van der Waals surface area contributed by atoms with E-state index < -0.39 is 5.60 Å². The predicted octanol–water partition coefficient (Wildman–Crippen LogP) is 3.06. The monoisotopic (exact) mass is 313 g/mol. The molecule has 0 aromatic rings. The van der Waals surface area contributed by atoms with Gasteiger partial charge in [-0.2, -0.15) is 11.8 Å². The largest absolute Gasteiger partial charge is 0.511 e. The second-order valence-electron chi connectivity index (χ2n) is 5.44. The maximum Gasteiger partial charge on any atom is 0.338 e. The van der Waals surface area contributed by atoms with E-state index in [-0.39, 0.29) is 17.6 Å². The van der Waals surface area contributed by atoms with E-state index in [9.17, 15) is 9.90 Å². The van der Waals surface area contributed by atoms with Crippen LogP contribution in [-0.4, -0.2) is 41.0 Å². The van der Waals surface area contributed by atoms with Gasteiger partial charge in [-0.25, -0.2) is 4.79 Å². The SMILES string of the molecule is CCON=CCCCC1=C(O)C(C)C2(CCSC2)OC1=O. The number of esters is 1. The lowest BCUT2D eigenvalue weighted by Crippen LogP contribution is -2.46. The van der Waals surface area contributed by atoms with Crippen LogP contribution in [0.3, 0.4) is 0 Å². The van der Waals surface area contributed by atoms with Crippen LogP contribution >= 0.6 is 11.8 Å². The molecule has 1 saturated heterocycles. The topological polar surface area (TPSA) is 68.1 Å². The lowest BCUT2D eigenvalue weighted by Gasteiger charge is -2.38. The number of rotatable bonds is 6. The van der Waals surface area contributed by atoms with Crippen molar-refractivity contribution in [2.45, 2.75) is 45.1 Å². The van der Waals surface area contributed by atoms with Gasteiger partial charge < -0.3 is 14.7 Å². The van der Waals surface area contributed by atoms with Gasteiger partial charge in [-0.3, -0.25) is 0 Å². The highest BCUT2D eigenvalue weighted by molar-refractivity contribution is 7.99. The second-order valence-corrected chi connectivity index (χ2v) is 6.55. The number of carbonyl (C=O) groups excluding carboxylic acids is 1. The molecule has 2 atom stereocenters. The molecule has 0 radical (unpaired) electrons. The van der Waals surface area contributed by atoms with Gasteiger partial charge >= 0.3 is 5.97 Å². The summed E-state index contributed by atoms with van der Waals surface area (Å²) < 4.78 is 5.69. The van der Waals surface area contributed by atoms with Gasteiger partial charge in [-0.1, -0.05) is 12.1 Å². The van der Waals surface area contributed by atoms with E-state index in [4.69, 9.17) is 9.57 Å². The van der Waals surface area contributed by atoms with Gasteiger partial charge in [0.15, 0.2) is 0 Å². The van der Waals surface area contributed by atoms with Crippen LogP contribution in [0.5, 0.6) is 0 Å². The Morgan fingerprint density at radius 3 is 3.10 bits per heavy atom. The van der Waals surface area contributed by atoms with Crippen molar-refractivity contribution in [3.05, 3.63) is 11.3 Å². The zero-order valence-electron chi connectivity index (χ0n) is 12.6. The summed E-state index contributed by atoms with van der Waals surface area (Å²) in [6.45, 7) is 4.37. The number of hydrogen-bond donors (Lipinski definition) is 1. The molecule has 118 valence electrons. The van der Waals surface area contributed by atoms with Crippen molar-refractivity contribution in [1.29, 1.82) is 0 Å². The molecular formula is C15H23NO4S. The van der Waals surface area contributed by atoms with Crippen molar-refractivity contribution in [1.82, 2.24) is 0 Å². The molecule has 0 bridgehead atoms. The van der Waals surface area contributed by atoms with Gasteiger partial charge in [-0.15, -0.1) is 0 Å². The Bertz CT molecular complexity index is 441. The summed E-state index contributed by atoms with van der Waals surface area (Å²) in [6, 6.07) is 0. The summed E-state index contributed by atoms with van der Waals surface area (Å²) in [5.74, 6) is 1.51. The standard InChI is InChI=1S/C15H23NO4S/c1-3-19-16-8-5-4-6-12-13(17)11(2)15(20-14(12)18)7-9-21-10-15/h8,11,17H,3-7,9-10H2,1-2H3. The lowest BCUT2D eigenvalue weighted by molar-refractivity contribution is -0.161. The highest BCUT2D eigenvalue weighted by atomic mass is 32.2. The molecule has 5 nitrogen and oxygen atoms in total. The fraction of sp³-hybridized carbons (Fsp3) is 0.733. The van der Waals surface area contributed by atoms with Crippen LogP contribution in [0.25, 0.3) is 0 Å². The highest BCUT2D eigenvalue weighted by Crippen LogP contribution is 2.44. The second kappa shape index (κ2) is 7.20. The third-order valence-corrected chi connectivity index (χ3v) is 5.29. The normalized spacial score (nSPS) is 29.4. The van der Waals surface area contributed by atoms with Crippen molar-refractivity contribution in [2.24, 2.45) is 11.1 Å². The van der Waals surface area contributed by atoms with Crippen LogP contribution in [0.1, 0.15) is 39.5 Å². The smallest absolute Gasteiger partial charge is 0.338 e. The molecule has 2 heterocycles. The summed E-state index contributed by atoms with van der Waals surface area (Å²) >= 11 is 1.78. The van der Waals surface area contributed by atoms with E-state index in [0.717, 1.165) is 24.3 Å². The first-order valence-electron chi connectivity index (χ1n) is 7.47. The minimum absolute atomic E-state index is 0.114. The number of hydrogen-bond acceptors (Lipinski definition) is 6. The van der Waals surface area contributed by atoms with Crippen LogP contribution in [0.4, 0.5) is 0 Å². The maximum absolute atomic E-state index is 12.2. The first kappa shape index (κ1) is 16.2.